The predicted octanol–water partition coefficient (Wildman–Crippen LogP) is 4.65. The van der Waals surface area contributed by atoms with Gasteiger partial charge in [0.15, 0.2) is 5.96 Å². The molecule has 5 unspecified atom stereocenters. The van der Waals surface area contributed by atoms with Gasteiger partial charge in [-0.15, -0.1) is 0 Å². The second-order valence-electron chi connectivity index (χ2n) is 14.2. The highest BCUT2D eigenvalue weighted by Crippen LogP contribution is 2.37. The van der Waals surface area contributed by atoms with Crippen molar-refractivity contribution in [3.63, 3.8) is 0 Å². The fraction of sp³-hybridized carbons (Fsp3) is 0.395. The van der Waals surface area contributed by atoms with Gasteiger partial charge < -0.3 is 51.6 Å². The number of nitrogens with one attached hydrogen (secondary N) is 4. The van der Waals surface area contributed by atoms with Crippen LogP contribution in [-0.4, -0.2) is 72.7 Å². The van der Waals surface area contributed by atoms with Gasteiger partial charge in [0.25, 0.3) is 0 Å². The van der Waals surface area contributed by atoms with Gasteiger partial charge in [-0.25, -0.2) is 0 Å². The number of carboxylic acids is 1. The SMILES string of the molecule is CC(C)(C)c1cc(Br)cc(C(NC(=O)CCC(O)c2cc(O)cc(NC3=NCC(O)CN3)c2)C(CC(O)c2[nH]c3ccccc3c2CO)C(=O)O)c1. The molecule has 52 heavy (non-hydrogen) atoms. The first-order chi connectivity index (χ1) is 24.6. The minimum atomic E-state index is -1.32. The maximum Gasteiger partial charge on any atom is 0.309 e. The van der Waals surface area contributed by atoms with Crippen molar-refractivity contribution in [2.24, 2.45) is 10.9 Å². The number of aliphatic imine (C=N–C) groups is 1. The van der Waals surface area contributed by atoms with Crippen LogP contribution in [0.4, 0.5) is 5.69 Å². The van der Waals surface area contributed by atoms with Gasteiger partial charge in [-0.2, -0.15) is 0 Å². The summed E-state index contributed by atoms with van der Waals surface area (Å²) in [6.07, 6.45) is -3.61. The normalized spacial score (nSPS) is 17.1. The molecule has 0 fully saturated rings. The summed E-state index contributed by atoms with van der Waals surface area (Å²) in [5.41, 5.74) is 3.33. The van der Waals surface area contributed by atoms with Crippen LogP contribution in [0.2, 0.25) is 0 Å². The minimum Gasteiger partial charge on any atom is -0.508 e. The number of rotatable bonds is 13. The third-order valence-corrected chi connectivity index (χ3v) is 9.65. The van der Waals surface area contributed by atoms with E-state index in [2.05, 4.69) is 41.9 Å². The van der Waals surface area contributed by atoms with Gasteiger partial charge in [-0.05, 0) is 65.3 Å². The van der Waals surface area contributed by atoms with E-state index in [-0.39, 0.29) is 43.6 Å². The number of anilines is 1. The number of para-hydroxylation sites is 1. The summed E-state index contributed by atoms with van der Waals surface area (Å²) in [7, 11) is 0. The number of hydrogen-bond donors (Lipinski definition) is 10. The number of aromatic hydroxyl groups is 1. The molecule has 1 aliphatic heterocycles. The maximum atomic E-state index is 13.6. The van der Waals surface area contributed by atoms with E-state index in [0.717, 1.165) is 5.56 Å². The van der Waals surface area contributed by atoms with E-state index in [9.17, 15) is 40.2 Å². The standard InChI is InChI=1S/C38H46BrN5O8/c1-38(2,3)22-10-21(11-23(39)14-22)34(28(36(51)52)16-32(49)35-29(19-45)27-6-4-5-7-30(27)43-35)44-33(50)9-8-31(48)20-12-24(15-25(46)13-20)42-37-40-17-26(47)18-41-37/h4-7,10-15,26,28,31-32,34,43,45-49H,8-9,16-19H2,1-3H3,(H,44,50)(H,51,52)(H2,40,41,42). The first-order valence-corrected chi connectivity index (χ1v) is 17.9. The average molecular weight is 781 g/mol. The smallest absolute Gasteiger partial charge is 0.309 e. The summed E-state index contributed by atoms with van der Waals surface area (Å²) in [4.78, 5) is 33.9. The van der Waals surface area contributed by atoms with Gasteiger partial charge in [-0.1, -0.05) is 61.0 Å². The number of β-amino-alcohol motifs (C(OH)–C–C–N with tert-alkyl or cyclic N) is 1. The van der Waals surface area contributed by atoms with Gasteiger partial charge in [0.2, 0.25) is 5.91 Å². The van der Waals surface area contributed by atoms with E-state index in [0.29, 0.717) is 56.0 Å². The molecule has 13 nitrogen and oxygen atoms in total. The number of phenolic OH excluding ortho intramolecular Hbond substituents is 1. The molecule has 3 aromatic carbocycles. The molecular weight excluding hydrogens is 734 g/mol. The number of fused-ring (bicyclic) bond motifs is 1. The molecule has 1 aromatic heterocycles. The molecular formula is C38H46BrN5O8. The lowest BCUT2D eigenvalue weighted by Crippen LogP contribution is -2.42. The number of halogens is 1. The van der Waals surface area contributed by atoms with Crippen LogP contribution in [0.3, 0.4) is 0 Å². The number of aromatic nitrogens is 1. The number of aliphatic hydroxyl groups excluding tert-OH is 4. The Morgan fingerprint density at radius 3 is 2.46 bits per heavy atom. The van der Waals surface area contributed by atoms with Crippen LogP contribution in [-0.2, 0) is 21.6 Å². The van der Waals surface area contributed by atoms with Crippen LogP contribution < -0.4 is 16.0 Å². The Morgan fingerprint density at radius 1 is 1.04 bits per heavy atom. The summed E-state index contributed by atoms with van der Waals surface area (Å²) in [6.45, 7) is 6.20. The first-order valence-electron chi connectivity index (χ1n) is 17.1. The van der Waals surface area contributed by atoms with Crippen molar-refractivity contribution in [1.82, 2.24) is 15.6 Å². The number of carbonyl (C=O) groups is 2. The third kappa shape index (κ3) is 9.49. The topological polar surface area (TPSA) is 220 Å². The molecule has 1 amide bonds. The number of amides is 1. The van der Waals surface area contributed by atoms with Crippen LogP contribution in [0.5, 0.6) is 5.75 Å². The Kier molecular flexibility index (Phi) is 12.3. The number of nitrogens with zero attached hydrogens (tertiary/aromatic N) is 1. The first kappa shape index (κ1) is 38.8. The fourth-order valence-corrected chi connectivity index (χ4v) is 6.90. The van der Waals surface area contributed by atoms with E-state index in [1.807, 2.05) is 39.0 Å². The van der Waals surface area contributed by atoms with Crippen LogP contribution >= 0.6 is 15.9 Å². The molecule has 10 N–H and O–H groups in total. The molecule has 0 spiro atoms. The number of phenols is 1. The van der Waals surface area contributed by atoms with Gasteiger partial charge in [0, 0.05) is 45.7 Å². The molecule has 0 aliphatic carbocycles. The van der Waals surface area contributed by atoms with E-state index in [1.54, 1.807) is 30.3 Å². The summed E-state index contributed by atoms with van der Waals surface area (Å²) < 4.78 is 0.686. The molecule has 14 heteroatoms. The highest BCUT2D eigenvalue weighted by atomic mass is 79.9. The lowest BCUT2D eigenvalue weighted by Gasteiger charge is -2.29. The number of carboxylic acid groups (broad SMARTS) is 1. The Morgan fingerprint density at radius 2 is 1.79 bits per heavy atom. The van der Waals surface area contributed by atoms with Crippen LogP contribution in [0, 0.1) is 5.92 Å². The average Bonchev–Trinajstić information content (AvgIpc) is 3.47. The number of carbonyl (C=O) groups excluding carboxylic acids is 1. The van der Waals surface area contributed by atoms with Gasteiger partial charge in [-0.3, -0.25) is 14.6 Å². The van der Waals surface area contributed by atoms with Crippen molar-refractivity contribution < 1.29 is 40.2 Å². The molecule has 278 valence electrons. The molecule has 5 atom stereocenters. The molecule has 0 saturated carbocycles. The zero-order valence-electron chi connectivity index (χ0n) is 29.2. The Bertz CT molecular complexity index is 1940. The third-order valence-electron chi connectivity index (χ3n) is 9.19. The molecule has 1 aliphatic rings. The Hall–Kier alpha value is -4.47. The number of guanidine groups is 1. The highest BCUT2D eigenvalue weighted by molar-refractivity contribution is 9.10. The van der Waals surface area contributed by atoms with Crippen molar-refractivity contribution >= 4 is 50.4 Å². The second kappa shape index (κ2) is 16.5. The van der Waals surface area contributed by atoms with E-state index >= 15 is 0 Å². The molecule has 2 heterocycles. The van der Waals surface area contributed by atoms with Gasteiger partial charge in [0.05, 0.1) is 49.1 Å². The van der Waals surface area contributed by atoms with Crippen LogP contribution in [0.25, 0.3) is 10.9 Å². The van der Waals surface area contributed by atoms with Crippen molar-refractivity contribution in [1.29, 1.82) is 0 Å². The van der Waals surface area contributed by atoms with Crippen molar-refractivity contribution in [2.45, 2.75) is 76.4 Å². The number of aliphatic carboxylic acids is 1. The highest BCUT2D eigenvalue weighted by Gasteiger charge is 2.35. The maximum absolute atomic E-state index is 13.6. The van der Waals surface area contributed by atoms with Crippen molar-refractivity contribution in [2.75, 3.05) is 18.4 Å². The Balaban J connectivity index is 1.38. The molecule has 0 bridgehead atoms. The predicted molar refractivity (Wildman–Crippen MR) is 201 cm³/mol. The van der Waals surface area contributed by atoms with Gasteiger partial charge in [0.1, 0.15) is 5.75 Å². The lowest BCUT2D eigenvalue weighted by molar-refractivity contribution is -0.144. The molecule has 4 aromatic rings. The quantitative estimate of drug-likeness (QED) is 0.0905. The number of aliphatic hydroxyl groups is 4. The van der Waals surface area contributed by atoms with E-state index < -0.39 is 42.1 Å². The zero-order valence-corrected chi connectivity index (χ0v) is 30.8. The fourth-order valence-electron chi connectivity index (χ4n) is 6.39. The minimum absolute atomic E-state index is 0.0478. The van der Waals surface area contributed by atoms with Gasteiger partial charge >= 0.3 is 5.97 Å². The second-order valence-corrected chi connectivity index (χ2v) is 15.1. The number of hydrogen-bond acceptors (Lipinski definition) is 10. The molecule has 5 rings (SSSR count). The lowest BCUT2D eigenvalue weighted by atomic mass is 9.82. The van der Waals surface area contributed by atoms with E-state index in [1.165, 1.54) is 12.1 Å². The van der Waals surface area contributed by atoms with Crippen molar-refractivity contribution in [3.05, 3.63) is 93.1 Å². The van der Waals surface area contributed by atoms with Crippen LogP contribution in [0.1, 0.15) is 86.2 Å². The summed E-state index contributed by atoms with van der Waals surface area (Å²) in [6, 6.07) is 16.1. The van der Waals surface area contributed by atoms with E-state index in [4.69, 9.17) is 0 Å². The molecule has 0 radical (unpaired) electrons. The van der Waals surface area contributed by atoms with Crippen LogP contribution in [0.15, 0.2) is 70.1 Å². The summed E-state index contributed by atoms with van der Waals surface area (Å²) in [5, 5.41) is 72.9. The number of benzene rings is 3. The number of H-pyrrole nitrogens is 1. The summed E-state index contributed by atoms with van der Waals surface area (Å²) >= 11 is 3.55. The number of aromatic amines is 1. The monoisotopic (exact) mass is 779 g/mol. The van der Waals surface area contributed by atoms with Crippen molar-refractivity contribution in [3.8, 4) is 5.75 Å². The zero-order chi connectivity index (χ0) is 37.7. The summed E-state index contributed by atoms with van der Waals surface area (Å²) in [5.74, 6) is -2.79. The largest absolute Gasteiger partial charge is 0.508 e. The molecule has 0 saturated heterocycles. The Labute approximate surface area is 310 Å².